The summed E-state index contributed by atoms with van der Waals surface area (Å²) in [6, 6.07) is 0. The van der Waals surface area contributed by atoms with E-state index in [0.29, 0.717) is 0 Å². The van der Waals surface area contributed by atoms with E-state index in [9.17, 15) is 0 Å². The third kappa shape index (κ3) is 5.64. The number of nitrogens with zero attached hydrogens (tertiary/aromatic N) is 2. The monoisotopic (exact) mass is 394 g/mol. The van der Waals surface area contributed by atoms with Crippen molar-refractivity contribution in [3.8, 4) is 0 Å². The largest absolute Gasteiger partial charge is 0.357 e. The minimum Gasteiger partial charge on any atom is -0.357 e. The third-order valence-corrected chi connectivity index (χ3v) is 4.04. The van der Waals surface area contributed by atoms with E-state index in [-0.39, 0.29) is 24.0 Å². The Morgan fingerprint density at radius 3 is 2.63 bits per heavy atom. The van der Waals surface area contributed by atoms with Gasteiger partial charge >= 0.3 is 0 Å². The molecule has 0 bridgehead atoms. The third-order valence-electron chi connectivity index (χ3n) is 2.98. The van der Waals surface area contributed by atoms with E-state index < -0.39 is 0 Å². The molecule has 4 nitrogen and oxygen atoms in total. The topological polar surface area (TPSA) is 49.3 Å². The van der Waals surface area contributed by atoms with Crippen molar-refractivity contribution in [3.05, 3.63) is 15.6 Å². The van der Waals surface area contributed by atoms with Gasteiger partial charge in [0.15, 0.2) is 5.96 Å². The van der Waals surface area contributed by atoms with Crippen LogP contribution in [0.15, 0.2) is 4.99 Å². The van der Waals surface area contributed by atoms with Crippen LogP contribution in [0, 0.1) is 19.8 Å². The number of hydrogen-bond donors (Lipinski definition) is 2. The molecule has 1 heterocycles. The molecule has 0 radical (unpaired) electrons. The van der Waals surface area contributed by atoms with Gasteiger partial charge in [-0.1, -0.05) is 0 Å². The molecule has 0 aliphatic heterocycles. The maximum absolute atomic E-state index is 4.62. The van der Waals surface area contributed by atoms with Gasteiger partial charge in [0, 0.05) is 18.0 Å². The summed E-state index contributed by atoms with van der Waals surface area (Å²) in [7, 11) is 0. The number of hydrogen-bond acceptors (Lipinski definition) is 3. The zero-order valence-electron chi connectivity index (χ0n) is 11.8. The predicted molar refractivity (Wildman–Crippen MR) is 92.5 cm³/mol. The van der Waals surface area contributed by atoms with Crippen molar-refractivity contribution in [3.63, 3.8) is 0 Å². The molecule has 108 valence electrons. The van der Waals surface area contributed by atoms with E-state index in [2.05, 4.69) is 34.5 Å². The summed E-state index contributed by atoms with van der Waals surface area (Å²) in [5, 5.41) is 7.81. The molecule has 1 aromatic rings. The van der Waals surface area contributed by atoms with Crippen LogP contribution in [0.1, 0.15) is 35.3 Å². The second-order valence-electron chi connectivity index (χ2n) is 4.76. The highest BCUT2D eigenvalue weighted by molar-refractivity contribution is 14.0. The highest BCUT2D eigenvalue weighted by Crippen LogP contribution is 2.27. The molecule has 2 rings (SSSR count). The van der Waals surface area contributed by atoms with Crippen LogP contribution in [0.2, 0.25) is 0 Å². The molecule has 6 heteroatoms. The minimum absolute atomic E-state index is 0. The molecule has 1 fully saturated rings. The van der Waals surface area contributed by atoms with Crippen LogP contribution >= 0.6 is 35.3 Å². The Kier molecular flexibility index (Phi) is 7.06. The Balaban J connectivity index is 0.00000180. The Hall–Kier alpha value is -0.370. The Bertz CT molecular complexity index is 426. The van der Waals surface area contributed by atoms with Gasteiger partial charge < -0.3 is 10.6 Å². The van der Waals surface area contributed by atoms with Crippen molar-refractivity contribution >= 4 is 41.3 Å². The number of aromatic nitrogens is 1. The Morgan fingerprint density at radius 1 is 1.37 bits per heavy atom. The van der Waals surface area contributed by atoms with E-state index in [4.69, 9.17) is 0 Å². The van der Waals surface area contributed by atoms with Gasteiger partial charge in [-0.2, -0.15) is 0 Å². The maximum Gasteiger partial charge on any atom is 0.191 e. The normalized spacial score (nSPS) is 15.0. The number of aryl methyl sites for hydroxylation is 2. The average molecular weight is 394 g/mol. The van der Waals surface area contributed by atoms with Crippen LogP contribution in [0.25, 0.3) is 0 Å². The molecule has 0 atom stereocenters. The SMILES string of the molecule is CCNC(=NCc1sc(C)nc1C)NCC1CC1.I. The van der Waals surface area contributed by atoms with Crippen LogP contribution in [0.4, 0.5) is 0 Å². The highest BCUT2D eigenvalue weighted by Gasteiger charge is 2.21. The fourth-order valence-corrected chi connectivity index (χ4v) is 2.64. The summed E-state index contributed by atoms with van der Waals surface area (Å²) < 4.78 is 0. The number of nitrogens with one attached hydrogen (secondary N) is 2. The summed E-state index contributed by atoms with van der Waals surface area (Å²) in [5.74, 6) is 1.79. The molecular weight excluding hydrogens is 371 g/mol. The van der Waals surface area contributed by atoms with Gasteiger partial charge in [-0.3, -0.25) is 0 Å². The van der Waals surface area contributed by atoms with E-state index in [0.717, 1.165) is 42.2 Å². The molecular formula is C13H23IN4S. The van der Waals surface area contributed by atoms with Crippen LogP contribution in [0.5, 0.6) is 0 Å². The fourth-order valence-electron chi connectivity index (χ4n) is 1.78. The van der Waals surface area contributed by atoms with Gasteiger partial charge in [-0.25, -0.2) is 9.98 Å². The summed E-state index contributed by atoms with van der Waals surface area (Å²) in [5.41, 5.74) is 1.11. The van der Waals surface area contributed by atoms with Gasteiger partial charge in [0.05, 0.1) is 17.2 Å². The van der Waals surface area contributed by atoms with Gasteiger partial charge in [-0.05, 0) is 39.5 Å². The molecule has 0 saturated heterocycles. The molecule has 0 amide bonds. The van der Waals surface area contributed by atoms with E-state index in [1.165, 1.54) is 17.7 Å². The zero-order valence-corrected chi connectivity index (χ0v) is 15.0. The van der Waals surface area contributed by atoms with Crippen molar-refractivity contribution in [1.29, 1.82) is 0 Å². The van der Waals surface area contributed by atoms with Crippen LogP contribution < -0.4 is 10.6 Å². The van der Waals surface area contributed by atoms with Gasteiger partial charge in [-0.15, -0.1) is 35.3 Å². The van der Waals surface area contributed by atoms with Crippen molar-refractivity contribution in [1.82, 2.24) is 15.6 Å². The lowest BCUT2D eigenvalue weighted by atomic mass is 10.4. The fraction of sp³-hybridized carbons (Fsp3) is 0.692. The first-order valence-electron chi connectivity index (χ1n) is 6.64. The number of guanidine groups is 1. The minimum atomic E-state index is 0. The van der Waals surface area contributed by atoms with Crippen LogP contribution in [-0.2, 0) is 6.54 Å². The Morgan fingerprint density at radius 2 is 2.11 bits per heavy atom. The molecule has 0 spiro atoms. The zero-order chi connectivity index (χ0) is 13.0. The average Bonchev–Trinajstić information content (AvgIpc) is 3.09. The smallest absolute Gasteiger partial charge is 0.191 e. The van der Waals surface area contributed by atoms with Crippen molar-refractivity contribution < 1.29 is 0 Å². The first kappa shape index (κ1) is 16.7. The lowest BCUT2D eigenvalue weighted by molar-refractivity contribution is 0.739. The van der Waals surface area contributed by atoms with E-state index in [1.54, 1.807) is 11.3 Å². The van der Waals surface area contributed by atoms with Gasteiger partial charge in [0.2, 0.25) is 0 Å². The number of rotatable bonds is 5. The molecule has 1 aliphatic carbocycles. The molecule has 1 saturated carbocycles. The summed E-state index contributed by atoms with van der Waals surface area (Å²) in [4.78, 5) is 10.3. The lowest BCUT2D eigenvalue weighted by Gasteiger charge is -2.10. The molecule has 1 aromatic heterocycles. The molecule has 19 heavy (non-hydrogen) atoms. The van der Waals surface area contributed by atoms with Crippen molar-refractivity contribution in [2.45, 2.75) is 40.2 Å². The second kappa shape index (κ2) is 8.04. The van der Waals surface area contributed by atoms with Gasteiger partial charge in [0.1, 0.15) is 0 Å². The molecule has 0 aromatic carbocycles. The summed E-state index contributed by atoms with van der Waals surface area (Å²) >= 11 is 1.74. The first-order chi connectivity index (χ1) is 8.69. The van der Waals surface area contributed by atoms with Crippen molar-refractivity contribution in [2.24, 2.45) is 10.9 Å². The van der Waals surface area contributed by atoms with E-state index in [1.807, 2.05) is 6.92 Å². The van der Waals surface area contributed by atoms with E-state index >= 15 is 0 Å². The number of thiazole rings is 1. The maximum atomic E-state index is 4.62. The van der Waals surface area contributed by atoms with Crippen molar-refractivity contribution in [2.75, 3.05) is 13.1 Å². The standard InChI is InChI=1S/C13H22N4S.HI/c1-4-14-13(15-7-11-5-6-11)16-8-12-9(2)17-10(3)18-12;/h11H,4-8H2,1-3H3,(H2,14,15,16);1H. The molecule has 0 unspecified atom stereocenters. The Labute approximate surface area is 136 Å². The number of halogens is 1. The lowest BCUT2D eigenvalue weighted by Crippen LogP contribution is -2.38. The number of aliphatic imine (C=N–C) groups is 1. The summed E-state index contributed by atoms with van der Waals surface area (Å²) in [6.07, 6.45) is 2.72. The molecule has 2 N–H and O–H groups in total. The highest BCUT2D eigenvalue weighted by atomic mass is 127. The predicted octanol–water partition coefficient (Wildman–Crippen LogP) is 2.84. The molecule has 1 aliphatic rings. The quantitative estimate of drug-likeness (QED) is 0.459. The second-order valence-corrected chi connectivity index (χ2v) is 6.05. The van der Waals surface area contributed by atoms with Crippen LogP contribution in [-0.4, -0.2) is 24.0 Å². The summed E-state index contributed by atoms with van der Waals surface area (Å²) in [6.45, 7) is 8.86. The van der Waals surface area contributed by atoms with Crippen LogP contribution in [0.3, 0.4) is 0 Å². The van der Waals surface area contributed by atoms with Gasteiger partial charge in [0.25, 0.3) is 0 Å². The first-order valence-corrected chi connectivity index (χ1v) is 7.45.